The van der Waals surface area contributed by atoms with Crippen molar-refractivity contribution in [1.29, 1.82) is 0 Å². The molecule has 2 heterocycles. The van der Waals surface area contributed by atoms with Crippen LogP contribution >= 0.6 is 0 Å². The number of carboxylic acids is 1. The first kappa shape index (κ1) is 32.4. The second-order valence-corrected chi connectivity index (χ2v) is 11.7. The van der Waals surface area contributed by atoms with Gasteiger partial charge in [0.2, 0.25) is 5.95 Å². The van der Waals surface area contributed by atoms with Crippen molar-refractivity contribution in [2.45, 2.75) is 44.6 Å². The predicted octanol–water partition coefficient (Wildman–Crippen LogP) is 4.13. The molecular weight excluding hydrogens is 598 g/mol. The number of carbonyl (C=O) groups is 2. The van der Waals surface area contributed by atoms with Gasteiger partial charge in [0.05, 0.1) is 6.20 Å². The average molecular weight is 633 g/mol. The van der Waals surface area contributed by atoms with Crippen molar-refractivity contribution >= 4 is 39.5 Å². The standard InChI is InChI=1S/C29H34F2N6O6S/c1-4-35(5-2)28-32-18-24(37(6-3)44(41,42)25-13-10-20(30)17-22(25)31)26(34-28)33-23(27(38)39)16-19-8-11-21(12-9-19)43-29(40)36-14-7-15-36/h8-13,17-18,23H,4-7,14-16H2,1-3H3,(H,38,39)(H,32,33,34)/t23-/m0/s1. The maximum absolute atomic E-state index is 14.6. The number of hydrogen-bond donors (Lipinski definition) is 2. The zero-order valence-corrected chi connectivity index (χ0v) is 25.4. The van der Waals surface area contributed by atoms with Gasteiger partial charge in [0.15, 0.2) is 5.82 Å². The van der Waals surface area contributed by atoms with E-state index >= 15 is 0 Å². The molecule has 2 aromatic carbocycles. The highest BCUT2D eigenvalue weighted by Crippen LogP contribution is 2.32. The Kier molecular flexibility index (Phi) is 10.2. The second kappa shape index (κ2) is 13.8. The summed E-state index contributed by atoms with van der Waals surface area (Å²) >= 11 is 0. The van der Waals surface area contributed by atoms with Gasteiger partial charge in [-0.3, -0.25) is 4.31 Å². The van der Waals surface area contributed by atoms with Crippen LogP contribution in [0.4, 0.5) is 31.0 Å². The van der Waals surface area contributed by atoms with E-state index < -0.39 is 44.7 Å². The van der Waals surface area contributed by atoms with Gasteiger partial charge < -0.3 is 25.0 Å². The van der Waals surface area contributed by atoms with Gasteiger partial charge in [0.1, 0.15) is 34.0 Å². The summed E-state index contributed by atoms with van der Waals surface area (Å²) in [7, 11) is -4.59. The zero-order chi connectivity index (χ0) is 32.0. The summed E-state index contributed by atoms with van der Waals surface area (Å²) in [6, 6.07) is 7.21. The fourth-order valence-electron chi connectivity index (χ4n) is 4.55. The van der Waals surface area contributed by atoms with Gasteiger partial charge in [0.25, 0.3) is 10.0 Å². The Morgan fingerprint density at radius 1 is 1.07 bits per heavy atom. The number of ether oxygens (including phenoxy) is 1. The summed E-state index contributed by atoms with van der Waals surface area (Å²) in [4.78, 5) is 35.9. The van der Waals surface area contributed by atoms with Crippen LogP contribution in [-0.2, 0) is 21.2 Å². The first-order valence-corrected chi connectivity index (χ1v) is 15.6. The van der Waals surface area contributed by atoms with Crippen LogP contribution in [-0.4, -0.2) is 79.2 Å². The largest absolute Gasteiger partial charge is 0.480 e. The Bertz CT molecular complexity index is 1600. The number of carboxylic acid groups (broad SMARTS) is 1. The normalized spacial score (nSPS) is 13.5. The number of anilines is 3. The van der Waals surface area contributed by atoms with E-state index in [4.69, 9.17) is 4.74 Å². The number of halogens is 2. The summed E-state index contributed by atoms with van der Waals surface area (Å²) in [5, 5.41) is 13.0. The van der Waals surface area contributed by atoms with Crippen molar-refractivity contribution in [2.24, 2.45) is 0 Å². The van der Waals surface area contributed by atoms with Gasteiger partial charge in [-0.2, -0.15) is 4.98 Å². The lowest BCUT2D eigenvalue weighted by atomic mass is 10.1. The number of sulfonamides is 1. The lowest BCUT2D eigenvalue weighted by Crippen LogP contribution is -2.43. The van der Waals surface area contributed by atoms with Gasteiger partial charge >= 0.3 is 12.1 Å². The Morgan fingerprint density at radius 3 is 2.30 bits per heavy atom. The number of carbonyl (C=O) groups excluding carboxylic acids is 1. The van der Waals surface area contributed by atoms with Crippen molar-refractivity contribution < 1.29 is 36.6 Å². The fraction of sp³-hybridized carbons (Fsp3) is 0.379. The molecule has 1 saturated heterocycles. The molecule has 1 aromatic heterocycles. The van der Waals surface area contributed by atoms with E-state index in [2.05, 4.69) is 15.3 Å². The molecule has 4 rings (SSSR count). The Balaban J connectivity index is 1.67. The van der Waals surface area contributed by atoms with Crippen LogP contribution in [0, 0.1) is 11.6 Å². The van der Waals surface area contributed by atoms with E-state index in [9.17, 15) is 31.9 Å². The van der Waals surface area contributed by atoms with Crippen molar-refractivity contribution in [1.82, 2.24) is 14.9 Å². The maximum Gasteiger partial charge on any atom is 0.415 e. The van der Waals surface area contributed by atoms with Gasteiger partial charge in [-0.05, 0) is 57.0 Å². The highest BCUT2D eigenvalue weighted by Gasteiger charge is 2.31. The number of rotatable bonds is 13. The number of likely N-dealkylation sites (tertiary alicyclic amines) is 1. The van der Waals surface area contributed by atoms with Crippen molar-refractivity contribution in [3.05, 3.63) is 65.9 Å². The molecule has 1 amide bonds. The van der Waals surface area contributed by atoms with Crippen LogP contribution in [0.1, 0.15) is 32.8 Å². The first-order chi connectivity index (χ1) is 21.0. The minimum atomic E-state index is -4.59. The van der Waals surface area contributed by atoms with Crippen LogP contribution in [0.2, 0.25) is 0 Å². The second-order valence-electron chi connectivity index (χ2n) is 9.91. The maximum atomic E-state index is 14.6. The minimum absolute atomic E-state index is 0.0504. The highest BCUT2D eigenvalue weighted by atomic mass is 32.2. The number of nitrogens with one attached hydrogen (secondary N) is 1. The number of hydrogen-bond acceptors (Lipinski definition) is 9. The van der Waals surface area contributed by atoms with Crippen molar-refractivity contribution in [3.8, 4) is 5.75 Å². The third-order valence-corrected chi connectivity index (χ3v) is 9.03. The molecule has 0 aliphatic carbocycles. The SMILES string of the molecule is CCN(CC)c1ncc(N(CC)S(=O)(=O)c2ccc(F)cc2F)c(N[C@@H](Cc2ccc(OC(=O)N3CCC3)cc2)C(=O)O)n1. The van der Waals surface area contributed by atoms with Crippen molar-refractivity contribution in [3.63, 3.8) is 0 Å². The number of aliphatic carboxylic acids is 1. The van der Waals surface area contributed by atoms with Gasteiger partial charge in [-0.25, -0.2) is 31.8 Å². The summed E-state index contributed by atoms with van der Waals surface area (Å²) in [6.45, 7) is 7.37. The van der Waals surface area contributed by atoms with Crippen LogP contribution in [0.5, 0.6) is 5.75 Å². The lowest BCUT2D eigenvalue weighted by Gasteiger charge is -2.29. The summed E-state index contributed by atoms with van der Waals surface area (Å²) in [5.41, 5.74) is 0.466. The molecule has 1 atom stereocenters. The molecule has 236 valence electrons. The molecule has 0 radical (unpaired) electrons. The quantitative estimate of drug-likeness (QED) is 0.282. The van der Waals surface area contributed by atoms with Crippen LogP contribution in [0.25, 0.3) is 0 Å². The smallest absolute Gasteiger partial charge is 0.415 e. The number of nitrogens with zero attached hydrogens (tertiary/aromatic N) is 5. The molecule has 3 aromatic rings. The third-order valence-electron chi connectivity index (χ3n) is 7.11. The summed E-state index contributed by atoms with van der Waals surface area (Å²) in [5.74, 6) is -3.04. The predicted molar refractivity (Wildman–Crippen MR) is 160 cm³/mol. The molecule has 2 N–H and O–H groups in total. The molecule has 1 aliphatic heterocycles. The van der Waals surface area contributed by atoms with Crippen LogP contribution < -0.4 is 19.3 Å². The Morgan fingerprint density at radius 2 is 1.75 bits per heavy atom. The molecule has 0 bridgehead atoms. The molecule has 0 saturated carbocycles. The monoisotopic (exact) mass is 632 g/mol. The summed E-state index contributed by atoms with van der Waals surface area (Å²) in [6.07, 6.45) is 1.65. The Hall–Kier alpha value is -4.53. The van der Waals surface area contributed by atoms with Crippen LogP contribution in [0.3, 0.4) is 0 Å². The fourth-order valence-corrected chi connectivity index (χ4v) is 6.06. The van der Waals surface area contributed by atoms with Gasteiger partial charge in [0, 0.05) is 45.2 Å². The number of benzene rings is 2. The van der Waals surface area contributed by atoms with E-state index in [1.165, 1.54) is 13.1 Å². The van der Waals surface area contributed by atoms with E-state index in [0.717, 1.165) is 22.9 Å². The molecule has 1 fully saturated rings. The van der Waals surface area contributed by atoms with Gasteiger partial charge in [-0.1, -0.05) is 12.1 Å². The molecular formula is C29H34F2N6O6S. The molecule has 15 heteroatoms. The van der Waals surface area contributed by atoms with E-state index in [0.29, 0.717) is 43.6 Å². The summed E-state index contributed by atoms with van der Waals surface area (Å²) < 4.78 is 61.5. The zero-order valence-electron chi connectivity index (χ0n) is 24.5. The van der Waals surface area contributed by atoms with Gasteiger partial charge in [-0.15, -0.1) is 0 Å². The molecule has 44 heavy (non-hydrogen) atoms. The molecule has 0 spiro atoms. The molecule has 0 unspecified atom stereocenters. The average Bonchev–Trinajstić information content (AvgIpc) is 2.94. The van der Waals surface area contributed by atoms with E-state index in [1.807, 2.05) is 13.8 Å². The molecule has 1 aliphatic rings. The Labute approximate surface area is 254 Å². The first-order valence-electron chi connectivity index (χ1n) is 14.1. The number of amides is 1. The minimum Gasteiger partial charge on any atom is -0.480 e. The highest BCUT2D eigenvalue weighted by molar-refractivity contribution is 7.92. The van der Waals surface area contributed by atoms with Crippen LogP contribution in [0.15, 0.2) is 53.6 Å². The number of aromatic nitrogens is 2. The topological polar surface area (TPSA) is 145 Å². The third kappa shape index (κ3) is 7.15. The van der Waals surface area contributed by atoms with Crippen molar-refractivity contribution in [2.75, 3.05) is 47.2 Å². The van der Waals surface area contributed by atoms with E-state index in [-0.39, 0.29) is 30.4 Å². The van der Waals surface area contributed by atoms with E-state index in [1.54, 1.807) is 34.1 Å². The molecule has 12 nitrogen and oxygen atoms in total. The lowest BCUT2D eigenvalue weighted by molar-refractivity contribution is -0.137.